The lowest BCUT2D eigenvalue weighted by atomic mass is 10.1. The van der Waals surface area contributed by atoms with Crippen molar-refractivity contribution in [1.82, 2.24) is 24.7 Å². The number of aliphatic hydroxyl groups is 1. The van der Waals surface area contributed by atoms with Gasteiger partial charge in [0.25, 0.3) is 0 Å². The highest BCUT2D eigenvalue weighted by Gasteiger charge is 2.13. The number of fused-ring (bicyclic) bond motifs is 3. The summed E-state index contributed by atoms with van der Waals surface area (Å²) in [5, 5.41) is 14.4. The fourth-order valence-electron chi connectivity index (χ4n) is 3.22. The number of aromatic nitrogens is 5. The molecule has 0 fully saturated rings. The van der Waals surface area contributed by atoms with Gasteiger partial charge in [0.05, 0.1) is 16.9 Å². The third-order valence-corrected chi connectivity index (χ3v) is 4.37. The van der Waals surface area contributed by atoms with Gasteiger partial charge in [-0.05, 0) is 31.5 Å². The van der Waals surface area contributed by atoms with E-state index in [4.69, 9.17) is 10.8 Å². The number of H-pyrrole nitrogens is 1. The number of hydrogen-bond acceptors (Lipinski definition) is 5. The first kappa shape index (κ1) is 15.6. The quantitative estimate of drug-likeness (QED) is 0.530. The van der Waals surface area contributed by atoms with Crippen LogP contribution in [0.25, 0.3) is 33.2 Å². The molecule has 1 aromatic carbocycles. The molecule has 4 N–H and O–H groups in total. The van der Waals surface area contributed by atoms with Crippen LogP contribution >= 0.6 is 0 Å². The minimum Gasteiger partial charge on any atom is -0.396 e. The van der Waals surface area contributed by atoms with Crippen LogP contribution in [0.2, 0.25) is 0 Å². The average molecular weight is 336 g/mol. The standard InChI is InChI=1S/C18H20N6O/c1-10-8-14(24(2)23-10)11-5-6-12-13(9-11)20-18(19)17-16(12)21-15(22-17)4-3-7-25/h5-6,8-9,25H,3-4,7H2,1-2H3,(H2,19,20)(H,21,22). The first-order valence-electron chi connectivity index (χ1n) is 8.26. The topological polar surface area (TPSA) is 106 Å². The highest BCUT2D eigenvalue weighted by molar-refractivity contribution is 6.07. The Labute approximate surface area is 144 Å². The zero-order valence-electron chi connectivity index (χ0n) is 14.2. The second kappa shape index (κ2) is 5.86. The summed E-state index contributed by atoms with van der Waals surface area (Å²) in [5.74, 6) is 1.25. The Bertz CT molecular complexity index is 1080. The molecule has 0 atom stereocenters. The molecular formula is C18H20N6O. The first-order chi connectivity index (χ1) is 12.1. The van der Waals surface area contributed by atoms with Gasteiger partial charge in [-0.2, -0.15) is 5.10 Å². The van der Waals surface area contributed by atoms with Gasteiger partial charge in [-0.3, -0.25) is 4.68 Å². The van der Waals surface area contributed by atoms with Gasteiger partial charge in [-0.15, -0.1) is 0 Å². The predicted octanol–water partition coefficient (Wildman–Crippen LogP) is 2.33. The van der Waals surface area contributed by atoms with E-state index in [0.717, 1.165) is 44.7 Å². The molecule has 0 aliphatic rings. The molecule has 0 saturated heterocycles. The number of nitrogens with zero attached hydrogens (tertiary/aromatic N) is 4. The fourth-order valence-corrected chi connectivity index (χ4v) is 3.22. The summed E-state index contributed by atoms with van der Waals surface area (Å²) < 4.78 is 1.86. The van der Waals surface area contributed by atoms with Crippen LogP contribution in [0.1, 0.15) is 17.9 Å². The van der Waals surface area contributed by atoms with E-state index in [1.165, 1.54) is 0 Å². The smallest absolute Gasteiger partial charge is 0.150 e. The van der Waals surface area contributed by atoms with Gasteiger partial charge < -0.3 is 15.8 Å². The van der Waals surface area contributed by atoms with Crippen molar-refractivity contribution >= 4 is 27.8 Å². The van der Waals surface area contributed by atoms with E-state index < -0.39 is 0 Å². The van der Waals surface area contributed by atoms with E-state index in [-0.39, 0.29) is 6.61 Å². The van der Waals surface area contributed by atoms with Crippen LogP contribution in [0.15, 0.2) is 24.3 Å². The number of nitrogens with one attached hydrogen (secondary N) is 1. The molecule has 0 aliphatic carbocycles. The lowest BCUT2D eigenvalue weighted by Gasteiger charge is -2.05. The normalized spacial score (nSPS) is 11.6. The summed E-state index contributed by atoms with van der Waals surface area (Å²) in [5.41, 5.74) is 11.6. The molecule has 4 aromatic rings. The minimum absolute atomic E-state index is 0.138. The number of imidazole rings is 1. The molecule has 25 heavy (non-hydrogen) atoms. The third kappa shape index (κ3) is 2.62. The van der Waals surface area contributed by atoms with Gasteiger partial charge in [0, 0.05) is 31.0 Å². The minimum atomic E-state index is 0.138. The van der Waals surface area contributed by atoms with Gasteiger partial charge in [0.1, 0.15) is 22.7 Å². The Morgan fingerprint density at radius 2 is 2.08 bits per heavy atom. The Hall–Kier alpha value is -2.93. The Morgan fingerprint density at radius 3 is 2.80 bits per heavy atom. The van der Waals surface area contributed by atoms with Gasteiger partial charge in [0.15, 0.2) is 0 Å². The number of nitrogen functional groups attached to an aromatic ring is 1. The molecule has 128 valence electrons. The average Bonchev–Trinajstić information content (AvgIpc) is 3.16. The number of hydrogen-bond donors (Lipinski definition) is 3. The highest BCUT2D eigenvalue weighted by Crippen LogP contribution is 2.30. The van der Waals surface area contributed by atoms with Crippen LogP contribution in [0.5, 0.6) is 0 Å². The Morgan fingerprint density at radius 1 is 1.24 bits per heavy atom. The number of aromatic amines is 1. The van der Waals surface area contributed by atoms with E-state index >= 15 is 0 Å². The zero-order valence-corrected chi connectivity index (χ0v) is 14.2. The van der Waals surface area contributed by atoms with E-state index in [2.05, 4.69) is 26.1 Å². The van der Waals surface area contributed by atoms with E-state index in [9.17, 15) is 0 Å². The number of anilines is 1. The number of rotatable bonds is 4. The molecule has 0 radical (unpaired) electrons. The number of aliphatic hydroxyl groups excluding tert-OH is 1. The van der Waals surface area contributed by atoms with Crippen LogP contribution in [-0.2, 0) is 13.5 Å². The van der Waals surface area contributed by atoms with E-state index in [1.54, 1.807) is 0 Å². The Kier molecular flexibility index (Phi) is 3.65. The van der Waals surface area contributed by atoms with Crippen LogP contribution in [0.3, 0.4) is 0 Å². The van der Waals surface area contributed by atoms with Gasteiger partial charge in [-0.1, -0.05) is 6.07 Å². The lowest BCUT2D eigenvalue weighted by molar-refractivity contribution is 0.287. The SMILES string of the molecule is Cc1cc(-c2ccc3c(c2)nc(N)c2[nH]c(CCCO)nc23)n(C)n1. The van der Waals surface area contributed by atoms with Crippen molar-refractivity contribution in [2.24, 2.45) is 7.05 Å². The van der Waals surface area contributed by atoms with Crippen molar-refractivity contribution in [3.63, 3.8) is 0 Å². The highest BCUT2D eigenvalue weighted by atomic mass is 16.2. The van der Waals surface area contributed by atoms with E-state index in [1.807, 2.05) is 36.9 Å². The summed E-state index contributed by atoms with van der Waals surface area (Å²) in [6.45, 7) is 2.11. The maximum atomic E-state index is 9.01. The maximum absolute atomic E-state index is 9.01. The summed E-state index contributed by atoms with van der Waals surface area (Å²) in [6, 6.07) is 8.14. The summed E-state index contributed by atoms with van der Waals surface area (Å²) in [4.78, 5) is 12.4. The maximum Gasteiger partial charge on any atom is 0.150 e. The summed E-state index contributed by atoms with van der Waals surface area (Å²) in [7, 11) is 1.93. The monoisotopic (exact) mass is 336 g/mol. The van der Waals surface area contributed by atoms with Crippen LogP contribution in [0.4, 0.5) is 5.82 Å². The molecule has 7 heteroatoms. The molecule has 7 nitrogen and oxygen atoms in total. The van der Waals surface area contributed by atoms with Gasteiger partial charge >= 0.3 is 0 Å². The molecule has 3 heterocycles. The molecule has 3 aromatic heterocycles. The molecule has 0 amide bonds. The van der Waals surface area contributed by atoms with Crippen molar-refractivity contribution in [2.45, 2.75) is 19.8 Å². The van der Waals surface area contributed by atoms with Crippen molar-refractivity contribution in [1.29, 1.82) is 0 Å². The third-order valence-electron chi connectivity index (χ3n) is 4.37. The van der Waals surface area contributed by atoms with Crippen LogP contribution in [0, 0.1) is 6.92 Å². The molecule has 4 rings (SSSR count). The first-order valence-corrected chi connectivity index (χ1v) is 8.26. The van der Waals surface area contributed by atoms with E-state index in [0.29, 0.717) is 18.7 Å². The lowest BCUT2D eigenvalue weighted by Crippen LogP contribution is -1.96. The van der Waals surface area contributed by atoms with Crippen molar-refractivity contribution < 1.29 is 5.11 Å². The molecule has 0 spiro atoms. The molecular weight excluding hydrogens is 316 g/mol. The second-order valence-corrected chi connectivity index (χ2v) is 6.26. The Balaban J connectivity index is 1.88. The van der Waals surface area contributed by atoms with Gasteiger partial charge in [0.2, 0.25) is 0 Å². The molecule has 0 saturated carbocycles. The largest absolute Gasteiger partial charge is 0.396 e. The molecule has 0 unspecified atom stereocenters. The number of benzene rings is 1. The van der Waals surface area contributed by atoms with Crippen LogP contribution in [-0.4, -0.2) is 36.4 Å². The van der Waals surface area contributed by atoms with Crippen LogP contribution < -0.4 is 5.73 Å². The van der Waals surface area contributed by atoms with Crippen molar-refractivity contribution in [3.8, 4) is 11.3 Å². The number of nitrogens with two attached hydrogens (primary N) is 1. The second-order valence-electron chi connectivity index (χ2n) is 6.26. The number of pyridine rings is 1. The summed E-state index contributed by atoms with van der Waals surface area (Å²) in [6.07, 6.45) is 1.34. The predicted molar refractivity (Wildman–Crippen MR) is 98.2 cm³/mol. The van der Waals surface area contributed by atoms with Crippen molar-refractivity contribution in [3.05, 3.63) is 35.8 Å². The van der Waals surface area contributed by atoms with Crippen molar-refractivity contribution in [2.75, 3.05) is 12.3 Å². The molecule has 0 bridgehead atoms. The number of aryl methyl sites for hydroxylation is 3. The summed E-state index contributed by atoms with van der Waals surface area (Å²) >= 11 is 0. The zero-order chi connectivity index (χ0) is 17.6. The fraction of sp³-hybridized carbons (Fsp3) is 0.278. The van der Waals surface area contributed by atoms with Gasteiger partial charge in [-0.25, -0.2) is 9.97 Å². The molecule has 0 aliphatic heterocycles.